The molecule has 0 aliphatic carbocycles. The molecule has 2 aromatic rings. The van der Waals surface area contributed by atoms with Crippen molar-refractivity contribution in [2.75, 3.05) is 21.3 Å². The van der Waals surface area contributed by atoms with Crippen molar-refractivity contribution in [3.05, 3.63) is 16.5 Å². The third-order valence-corrected chi connectivity index (χ3v) is 2.88. The molecule has 0 aliphatic rings. The van der Waals surface area contributed by atoms with Crippen molar-refractivity contribution < 1.29 is 14.2 Å². The first-order valence-corrected chi connectivity index (χ1v) is 5.69. The van der Waals surface area contributed by atoms with Crippen molar-refractivity contribution in [1.82, 2.24) is 9.97 Å². The van der Waals surface area contributed by atoms with Crippen LogP contribution >= 0.6 is 23.2 Å². The maximum absolute atomic E-state index is 6.03. The first-order valence-electron chi connectivity index (χ1n) is 4.94. The van der Waals surface area contributed by atoms with E-state index in [1.165, 1.54) is 21.3 Å². The van der Waals surface area contributed by atoms with Crippen LogP contribution < -0.4 is 14.2 Å². The summed E-state index contributed by atoms with van der Waals surface area (Å²) in [6.45, 7) is 0. The van der Waals surface area contributed by atoms with Crippen molar-refractivity contribution in [3.63, 3.8) is 0 Å². The molecule has 1 aromatic heterocycles. The van der Waals surface area contributed by atoms with Crippen LogP contribution in [0.2, 0.25) is 10.4 Å². The molecule has 5 nitrogen and oxygen atoms in total. The average Bonchev–Trinajstić information content (AvgIpc) is 2.36. The minimum Gasteiger partial charge on any atom is -0.493 e. The summed E-state index contributed by atoms with van der Waals surface area (Å²) in [6, 6.07) is 1.68. The highest BCUT2D eigenvalue weighted by atomic mass is 35.5. The Morgan fingerprint density at radius 1 is 0.944 bits per heavy atom. The number of halogens is 2. The van der Waals surface area contributed by atoms with Gasteiger partial charge in [-0.2, -0.15) is 0 Å². The Balaban J connectivity index is 2.92. The van der Waals surface area contributed by atoms with E-state index in [9.17, 15) is 0 Å². The van der Waals surface area contributed by atoms with Crippen LogP contribution in [0.3, 0.4) is 0 Å². The van der Waals surface area contributed by atoms with Crippen LogP contribution in [-0.4, -0.2) is 31.3 Å². The fourth-order valence-corrected chi connectivity index (χ4v) is 2.10. The lowest BCUT2D eigenvalue weighted by Gasteiger charge is -2.14. The molecule has 0 fully saturated rings. The van der Waals surface area contributed by atoms with Crippen LogP contribution in [0.4, 0.5) is 0 Å². The number of benzene rings is 1. The van der Waals surface area contributed by atoms with Gasteiger partial charge in [-0.15, -0.1) is 0 Å². The number of nitrogens with zero attached hydrogens (tertiary/aromatic N) is 2. The number of fused-ring (bicyclic) bond motifs is 1. The molecule has 0 bridgehead atoms. The summed E-state index contributed by atoms with van der Waals surface area (Å²) >= 11 is 11.8. The topological polar surface area (TPSA) is 53.5 Å². The second-order valence-corrected chi connectivity index (χ2v) is 4.02. The highest BCUT2D eigenvalue weighted by Gasteiger charge is 2.19. The zero-order chi connectivity index (χ0) is 13.3. The highest BCUT2D eigenvalue weighted by Crippen LogP contribution is 2.44. The lowest BCUT2D eigenvalue weighted by molar-refractivity contribution is 0.327. The van der Waals surface area contributed by atoms with Gasteiger partial charge in [0.2, 0.25) is 11.0 Å². The van der Waals surface area contributed by atoms with E-state index in [1.54, 1.807) is 6.07 Å². The lowest BCUT2D eigenvalue weighted by Crippen LogP contribution is -1.98. The summed E-state index contributed by atoms with van der Waals surface area (Å²) in [4.78, 5) is 7.98. The minimum absolute atomic E-state index is 0.0398. The van der Waals surface area contributed by atoms with Crippen LogP contribution in [0.1, 0.15) is 0 Å². The molecule has 0 amide bonds. The second kappa shape index (κ2) is 5.04. The Labute approximate surface area is 114 Å². The maximum atomic E-state index is 6.03. The number of methoxy groups -OCH3 is 3. The van der Waals surface area contributed by atoms with Crippen molar-refractivity contribution in [2.45, 2.75) is 0 Å². The second-order valence-electron chi connectivity index (χ2n) is 3.32. The van der Waals surface area contributed by atoms with E-state index in [4.69, 9.17) is 37.4 Å². The van der Waals surface area contributed by atoms with Crippen molar-refractivity contribution in [3.8, 4) is 17.2 Å². The first kappa shape index (κ1) is 13.0. The molecule has 7 heteroatoms. The molecule has 1 aromatic carbocycles. The van der Waals surface area contributed by atoms with Crippen LogP contribution in [0.5, 0.6) is 17.2 Å². The summed E-state index contributed by atoms with van der Waals surface area (Å²) in [5.74, 6) is 1.31. The molecule has 0 saturated heterocycles. The predicted octanol–water partition coefficient (Wildman–Crippen LogP) is 2.96. The van der Waals surface area contributed by atoms with Gasteiger partial charge in [0.15, 0.2) is 11.5 Å². The van der Waals surface area contributed by atoms with Gasteiger partial charge in [0.05, 0.1) is 21.3 Å². The number of ether oxygens (including phenoxy) is 3. The molecule has 0 spiro atoms. The van der Waals surface area contributed by atoms with E-state index in [0.29, 0.717) is 28.2 Å². The Hall–Kier alpha value is -1.46. The first-order chi connectivity index (χ1) is 8.62. The molecular weight excluding hydrogens is 279 g/mol. The monoisotopic (exact) mass is 288 g/mol. The van der Waals surface area contributed by atoms with Crippen LogP contribution in [-0.2, 0) is 0 Å². The minimum atomic E-state index is 0.0398. The van der Waals surface area contributed by atoms with Gasteiger partial charge in [-0.1, -0.05) is 11.6 Å². The van der Waals surface area contributed by atoms with E-state index in [-0.39, 0.29) is 10.4 Å². The van der Waals surface area contributed by atoms with Gasteiger partial charge in [0.1, 0.15) is 10.7 Å². The zero-order valence-electron chi connectivity index (χ0n) is 9.95. The molecule has 18 heavy (non-hydrogen) atoms. The summed E-state index contributed by atoms with van der Waals surface area (Å²) in [5, 5.41) is 0.845. The predicted molar refractivity (Wildman–Crippen MR) is 69.2 cm³/mol. The van der Waals surface area contributed by atoms with Gasteiger partial charge in [0.25, 0.3) is 0 Å². The quantitative estimate of drug-likeness (QED) is 0.642. The fourth-order valence-electron chi connectivity index (χ4n) is 1.67. The molecule has 96 valence electrons. The number of hydrogen-bond acceptors (Lipinski definition) is 5. The molecule has 0 atom stereocenters. The van der Waals surface area contributed by atoms with Crippen molar-refractivity contribution in [2.24, 2.45) is 0 Å². The van der Waals surface area contributed by atoms with Crippen LogP contribution in [0.25, 0.3) is 10.9 Å². The normalized spacial score (nSPS) is 10.5. The summed E-state index contributed by atoms with van der Waals surface area (Å²) in [6.07, 6.45) is 0. The van der Waals surface area contributed by atoms with Gasteiger partial charge >= 0.3 is 0 Å². The maximum Gasteiger partial charge on any atom is 0.224 e. The van der Waals surface area contributed by atoms with E-state index in [1.807, 2.05) is 0 Å². The van der Waals surface area contributed by atoms with Gasteiger partial charge in [-0.05, 0) is 17.7 Å². The Morgan fingerprint density at radius 2 is 1.61 bits per heavy atom. The van der Waals surface area contributed by atoms with Gasteiger partial charge < -0.3 is 14.2 Å². The van der Waals surface area contributed by atoms with Crippen molar-refractivity contribution >= 4 is 34.1 Å². The smallest absolute Gasteiger partial charge is 0.224 e. The summed E-state index contributed by atoms with van der Waals surface area (Å²) < 4.78 is 15.8. The van der Waals surface area contributed by atoms with E-state index >= 15 is 0 Å². The van der Waals surface area contributed by atoms with E-state index in [2.05, 4.69) is 9.97 Å². The Bertz CT molecular complexity index is 605. The Kier molecular flexibility index (Phi) is 3.63. The molecule has 0 radical (unpaired) electrons. The molecule has 2 rings (SSSR count). The van der Waals surface area contributed by atoms with E-state index in [0.717, 1.165) is 0 Å². The Morgan fingerprint density at radius 3 is 2.17 bits per heavy atom. The summed E-state index contributed by atoms with van der Waals surface area (Å²) in [5.41, 5.74) is 0.472. The van der Waals surface area contributed by atoms with E-state index < -0.39 is 0 Å². The largest absolute Gasteiger partial charge is 0.493 e. The van der Waals surface area contributed by atoms with Crippen LogP contribution in [0.15, 0.2) is 6.07 Å². The van der Waals surface area contributed by atoms with Crippen molar-refractivity contribution in [1.29, 1.82) is 0 Å². The molecule has 0 saturated carbocycles. The molecule has 0 N–H and O–H groups in total. The third-order valence-electron chi connectivity index (χ3n) is 2.42. The summed E-state index contributed by atoms with van der Waals surface area (Å²) in [7, 11) is 4.53. The zero-order valence-corrected chi connectivity index (χ0v) is 11.5. The number of aromatic nitrogens is 2. The molecule has 0 aliphatic heterocycles. The molecule has 1 heterocycles. The van der Waals surface area contributed by atoms with Gasteiger partial charge in [-0.25, -0.2) is 9.97 Å². The van der Waals surface area contributed by atoms with Gasteiger partial charge in [-0.3, -0.25) is 0 Å². The standard InChI is InChI=1S/C11H10Cl2N2O3/c1-16-6-4-5-7(9(18-3)8(6)17-2)14-11(13)15-10(5)12/h4H,1-3H3. The molecule has 0 unspecified atom stereocenters. The third kappa shape index (κ3) is 2.00. The van der Waals surface area contributed by atoms with Crippen LogP contribution in [0, 0.1) is 0 Å². The average molecular weight is 289 g/mol. The fraction of sp³-hybridized carbons (Fsp3) is 0.273. The number of hydrogen-bond donors (Lipinski definition) is 0. The highest BCUT2D eigenvalue weighted by molar-refractivity contribution is 6.36. The van der Waals surface area contributed by atoms with Gasteiger partial charge in [0, 0.05) is 5.39 Å². The molecular formula is C11H10Cl2N2O3. The number of rotatable bonds is 3. The lowest BCUT2D eigenvalue weighted by atomic mass is 10.2. The SMILES string of the molecule is COc1cc2c(Cl)nc(Cl)nc2c(OC)c1OC.